The van der Waals surface area contributed by atoms with E-state index in [1.54, 1.807) is 36.4 Å². The van der Waals surface area contributed by atoms with E-state index in [-0.39, 0.29) is 5.91 Å². The van der Waals surface area contributed by atoms with E-state index < -0.39 is 0 Å². The topological polar surface area (TPSA) is 96.7 Å². The molecule has 0 aliphatic carbocycles. The number of amides is 1. The number of nitrogens with zero attached hydrogens (tertiary/aromatic N) is 4. The quantitative estimate of drug-likeness (QED) is 0.488. The van der Waals surface area contributed by atoms with E-state index in [1.165, 1.54) is 5.56 Å². The Balaban J connectivity index is 1.49. The Labute approximate surface area is 186 Å². The van der Waals surface area contributed by atoms with E-state index in [4.69, 9.17) is 9.68 Å². The number of aromatic nitrogens is 3. The normalized spacial score (nSPS) is 10.7. The Morgan fingerprint density at radius 2 is 1.88 bits per heavy atom. The number of carbonyl (C=O) groups is 1. The predicted molar refractivity (Wildman–Crippen MR) is 121 cm³/mol. The van der Waals surface area contributed by atoms with Gasteiger partial charge < -0.3 is 9.73 Å². The number of aryl methyl sites for hydroxylation is 2. The van der Waals surface area contributed by atoms with Gasteiger partial charge >= 0.3 is 0 Å². The highest BCUT2D eigenvalue weighted by Crippen LogP contribution is 2.25. The maximum atomic E-state index is 12.5. The van der Waals surface area contributed by atoms with Crippen molar-refractivity contribution in [2.45, 2.75) is 34.2 Å². The third kappa shape index (κ3) is 4.16. The van der Waals surface area contributed by atoms with Crippen LogP contribution in [0.25, 0.3) is 11.5 Å². The first-order valence-electron chi connectivity index (χ1n) is 10.2. The molecule has 0 spiro atoms. The molecule has 2 heterocycles. The molecule has 0 radical (unpaired) electrons. The summed E-state index contributed by atoms with van der Waals surface area (Å²) in [7, 11) is 0. The van der Waals surface area contributed by atoms with Crippen LogP contribution in [-0.4, -0.2) is 20.7 Å². The molecule has 0 saturated heterocycles. The van der Waals surface area contributed by atoms with Crippen LogP contribution in [0.15, 0.2) is 52.9 Å². The van der Waals surface area contributed by atoms with Gasteiger partial charge in [-0.25, -0.2) is 4.98 Å². The number of benzene rings is 2. The molecule has 0 aliphatic rings. The van der Waals surface area contributed by atoms with Crippen LogP contribution in [0.1, 0.15) is 44.3 Å². The average Bonchev–Trinajstić information content (AvgIpc) is 3.28. The smallest absolute Gasteiger partial charge is 0.255 e. The zero-order valence-corrected chi connectivity index (χ0v) is 18.4. The van der Waals surface area contributed by atoms with Crippen LogP contribution in [0.4, 0.5) is 5.69 Å². The molecule has 2 aromatic carbocycles. The van der Waals surface area contributed by atoms with Gasteiger partial charge in [-0.15, -0.1) is 0 Å². The molecule has 0 bridgehead atoms. The molecule has 4 aromatic rings. The third-order valence-corrected chi connectivity index (χ3v) is 5.58. The summed E-state index contributed by atoms with van der Waals surface area (Å²) in [6.07, 6.45) is 0. The molecule has 1 N–H and O–H groups in total. The van der Waals surface area contributed by atoms with Gasteiger partial charge in [0.1, 0.15) is 11.5 Å². The summed E-state index contributed by atoms with van der Waals surface area (Å²) >= 11 is 0. The maximum absolute atomic E-state index is 12.5. The van der Waals surface area contributed by atoms with E-state index >= 15 is 0 Å². The second-order valence-electron chi connectivity index (χ2n) is 7.70. The molecule has 0 unspecified atom stereocenters. The Morgan fingerprint density at radius 3 is 2.53 bits per heavy atom. The molecule has 0 fully saturated rings. The molecule has 2 aromatic heterocycles. The Bertz CT molecular complexity index is 1340. The predicted octanol–water partition coefficient (Wildman–Crippen LogP) is 4.94. The second kappa shape index (κ2) is 8.52. The fraction of sp³-hybridized carbons (Fsp3) is 0.200. The lowest BCUT2D eigenvalue weighted by atomic mass is 10.1. The summed E-state index contributed by atoms with van der Waals surface area (Å²) < 4.78 is 7.84. The van der Waals surface area contributed by atoms with Crippen molar-refractivity contribution in [3.8, 4) is 17.5 Å². The van der Waals surface area contributed by atoms with Crippen molar-refractivity contribution in [3.63, 3.8) is 0 Å². The van der Waals surface area contributed by atoms with Crippen molar-refractivity contribution in [2.24, 2.45) is 0 Å². The number of oxazole rings is 1. The van der Waals surface area contributed by atoms with Crippen molar-refractivity contribution in [1.29, 1.82) is 5.26 Å². The molecule has 4 rings (SSSR count). The molecule has 160 valence electrons. The molecular weight excluding hydrogens is 402 g/mol. The number of hydrogen-bond donors (Lipinski definition) is 1. The van der Waals surface area contributed by atoms with Crippen LogP contribution in [0.5, 0.6) is 0 Å². The summed E-state index contributed by atoms with van der Waals surface area (Å²) in [5.41, 5.74) is 6.48. The van der Waals surface area contributed by atoms with Gasteiger partial charge in [-0.1, -0.05) is 6.07 Å². The van der Waals surface area contributed by atoms with Gasteiger partial charge in [0.05, 0.1) is 23.9 Å². The molecule has 0 atom stereocenters. The summed E-state index contributed by atoms with van der Waals surface area (Å²) in [6, 6.07) is 15.9. The minimum absolute atomic E-state index is 0.274. The zero-order valence-electron chi connectivity index (χ0n) is 18.4. The van der Waals surface area contributed by atoms with Gasteiger partial charge in [0.15, 0.2) is 0 Å². The fourth-order valence-corrected chi connectivity index (χ4v) is 3.41. The van der Waals surface area contributed by atoms with Crippen molar-refractivity contribution >= 4 is 11.6 Å². The number of anilines is 1. The van der Waals surface area contributed by atoms with Gasteiger partial charge in [0, 0.05) is 22.5 Å². The minimum atomic E-state index is -0.274. The number of nitriles is 1. The minimum Gasteiger partial charge on any atom is -0.441 e. The molecular formula is C25H23N5O2. The van der Waals surface area contributed by atoms with Gasteiger partial charge in [-0.2, -0.15) is 10.4 Å². The van der Waals surface area contributed by atoms with Crippen LogP contribution < -0.4 is 5.32 Å². The lowest BCUT2D eigenvalue weighted by Crippen LogP contribution is -2.11. The zero-order chi connectivity index (χ0) is 22.8. The second-order valence-corrected chi connectivity index (χ2v) is 7.70. The number of nitrogens with one attached hydrogen (secondary N) is 1. The van der Waals surface area contributed by atoms with Crippen LogP contribution >= 0.6 is 0 Å². The highest BCUT2D eigenvalue weighted by molar-refractivity contribution is 6.04. The van der Waals surface area contributed by atoms with Crippen LogP contribution in [-0.2, 0) is 6.54 Å². The Morgan fingerprint density at radius 1 is 1.12 bits per heavy atom. The van der Waals surface area contributed by atoms with E-state index in [0.29, 0.717) is 29.2 Å². The Kier molecular flexibility index (Phi) is 5.61. The van der Waals surface area contributed by atoms with E-state index in [1.807, 2.05) is 36.7 Å². The van der Waals surface area contributed by atoms with E-state index in [2.05, 4.69) is 29.2 Å². The van der Waals surface area contributed by atoms with Gasteiger partial charge in [-0.05, 0) is 75.7 Å². The first-order chi connectivity index (χ1) is 15.4. The van der Waals surface area contributed by atoms with Gasteiger partial charge in [0.25, 0.3) is 5.91 Å². The van der Waals surface area contributed by atoms with Crippen LogP contribution in [0.2, 0.25) is 0 Å². The fourth-order valence-electron chi connectivity index (χ4n) is 3.41. The summed E-state index contributed by atoms with van der Waals surface area (Å²) in [5, 5.41) is 16.4. The van der Waals surface area contributed by atoms with E-state index in [0.717, 1.165) is 28.4 Å². The molecule has 7 nitrogen and oxygen atoms in total. The first kappa shape index (κ1) is 21.1. The number of hydrogen-bond acceptors (Lipinski definition) is 5. The first-order valence-corrected chi connectivity index (χ1v) is 10.2. The molecule has 1 amide bonds. The summed E-state index contributed by atoms with van der Waals surface area (Å²) in [5.74, 6) is 1.000. The lowest BCUT2D eigenvalue weighted by Gasteiger charge is -2.06. The third-order valence-electron chi connectivity index (χ3n) is 5.58. The maximum Gasteiger partial charge on any atom is 0.255 e. The highest BCUT2D eigenvalue weighted by Gasteiger charge is 2.15. The number of carbonyl (C=O) groups excluding carboxylic acids is 1. The van der Waals surface area contributed by atoms with Crippen molar-refractivity contribution in [3.05, 3.63) is 88.1 Å². The standard InChI is InChI=1S/C25H23N5O2/c1-15-16(2)29-30(17(15)3)14-23-18(4)32-25(28-23)20-8-10-22(11-9-20)27-24(31)21-7-5-6-19(12-21)13-26/h5-12H,14H2,1-4H3,(H,27,31). The van der Waals surface area contributed by atoms with Crippen molar-refractivity contribution < 1.29 is 9.21 Å². The molecule has 32 heavy (non-hydrogen) atoms. The van der Waals surface area contributed by atoms with Crippen LogP contribution in [0, 0.1) is 39.0 Å². The summed E-state index contributed by atoms with van der Waals surface area (Å²) in [6.45, 7) is 8.56. The largest absolute Gasteiger partial charge is 0.441 e. The molecule has 7 heteroatoms. The summed E-state index contributed by atoms with van der Waals surface area (Å²) in [4.78, 5) is 17.1. The lowest BCUT2D eigenvalue weighted by molar-refractivity contribution is 0.102. The van der Waals surface area contributed by atoms with Crippen molar-refractivity contribution in [2.75, 3.05) is 5.32 Å². The SMILES string of the molecule is Cc1nn(Cc2nc(-c3ccc(NC(=O)c4cccc(C#N)c4)cc3)oc2C)c(C)c1C. The van der Waals surface area contributed by atoms with Crippen LogP contribution in [0.3, 0.4) is 0 Å². The number of rotatable bonds is 5. The highest BCUT2D eigenvalue weighted by atomic mass is 16.4. The monoisotopic (exact) mass is 425 g/mol. The molecule has 0 aliphatic heterocycles. The average molecular weight is 425 g/mol. The van der Waals surface area contributed by atoms with Gasteiger partial charge in [-0.3, -0.25) is 9.48 Å². The van der Waals surface area contributed by atoms with Crippen molar-refractivity contribution in [1.82, 2.24) is 14.8 Å². The van der Waals surface area contributed by atoms with E-state index in [9.17, 15) is 4.79 Å². The molecule has 0 saturated carbocycles. The Hall–Kier alpha value is -4.18. The van der Waals surface area contributed by atoms with Gasteiger partial charge in [0.2, 0.25) is 5.89 Å².